The number of benzene rings is 2. The highest BCUT2D eigenvalue weighted by Crippen LogP contribution is 2.44. The molecule has 2 aromatic carbocycles. The normalized spacial score (nSPS) is 21.9. The minimum absolute atomic E-state index is 0.0422. The van der Waals surface area contributed by atoms with Gasteiger partial charge in [-0.05, 0) is 59.8 Å². The van der Waals surface area contributed by atoms with Gasteiger partial charge in [-0.15, -0.1) is 0 Å². The van der Waals surface area contributed by atoms with E-state index >= 15 is 0 Å². The molecule has 0 bridgehead atoms. The third kappa shape index (κ3) is 4.77. The number of ether oxygens (including phenoxy) is 1. The van der Waals surface area contributed by atoms with Crippen molar-refractivity contribution in [3.8, 4) is 11.1 Å². The number of carboxylic acid groups (broad SMARTS) is 1. The molecule has 0 aliphatic heterocycles. The van der Waals surface area contributed by atoms with Crippen LogP contribution in [0.3, 0.4) is 0 Å². The molecule has 7 heteroatoms. The van der Waals surface area contributed by atoms with Crippen molar-refractivity contribution in [2.24, 2.45) is 17.8 Å². The molecule has 0 saturated heterocycles. The number of carbonyl (C=O) groups excluding carboxylic acids is 2. The lowest BCUT2D eigenvalue weighted by atomic mass is 9.79. The SMILES string of the molecule is O=C(NC(C(=O)NC[C@@H]1CCC[C@@H]1C(=O)O)C1CCC1)OCC1c2ccccc2-c2ccccc21. The number of alkyl carbamates (subject to hydrolysis) is 1. The molecule has 2 amide bonds. The fraction of sp³-hybridized carbons (Fsp3) is 0.464. The van der Waals surface area contributed by atoms with Gasteiger partial charge in [-0.1, -0.05) is 61.4 Å². The smallest absolute Gasteiger partial charge is 0.407 e. The zero-order valence-electron chi connectivity index (χ0n) is 19.7. The molecule has 3 N–H and O–H groups in total. The van der Waals surface area contributed by atoms with Gasteiger partial charge in [0.15, 0.2) is 0 Å². The van der Waals surface area contributed by atoms with Crippen LogP contribution in [0.4, 0.5) is 4.79 Å². The van der Waals surface area contributed by atoms with E-state index in [0.717, 1.165) is 54.4 Å². The Morgan fingerprint density at radius 3 is 2.14 bits per heavy atom. The minimum Gasteiger partial charge on any atom is -0.481 e. The van der Waals surface area contributed by atoms with E-state index < -0.39 is 24.0 Å². The van der Waals surface area contributed by atoms with Crippen molar-refractivity contribution in [1.29, 1.82) is 0 Å². The Balaban J connectivity index is 1.20. The first-order valence-electron chi connectivity index (χ1n) is 12.6. The summed E-state index contributed by atoms with van der Waals surface area (Å²) in [6.45, 7) is 0.520. The second-order valence-corrected chi connectivity index (χ2v) is 10.0. The summed E-state index contributed by atoms with van der Waals surface area (Å²) in [5.41, 5.74) is 4.60. The summed E-state index contributed by atoms with van der Waals surface area (Å²) in [5, 5.41) is 15.1. The Morgan fingerprint density at radius 1 is 0.914 bits per heavy atom. The van der Waals surface area contributed by atoms with Crippen LogP contribution in [-0.4, -0.2) is 42.3 Å². The van der Waals surface area contributed by atoms with Crippen molar-refractivity contribution >= 4 is 18.0 Å². The van der Waals surface area contributed by atoms with Gasteiger partial charge < -0.3 is 20.5 Å². The number of amides is 2. The van der Waals surface area contributed by atoms with Crippen LogP contribution in [0.15, 0.2) is 48.5 Å². The minimum atomic E-state index is -0.797. The Morgan fingerprint density at radius 2 is 1.54 bits per heavy atom. The Hall–Kier alpha value is -3.35. The zero-order valence-corrected chi connectivity index (χ0v) is 19.7. The molecule has 3 atom stereocenters. The molecule has 0 heterocycles. The van der Waals surface area contributed by atoms with E-state index in [9.17, 15) is 19.5 Å². The topological polar surface area (TPSA) is 105 Å². The lowest BCUT2D eigenvalue weighted by Crippen LogP contribution is -2.53. The van der Waals surface area contributed by atoms with Crippen molar-refractivity contribution in [2.75, 3.05) is 13.2 Å². The third-order valence-corrected chi connectivity index (χ3v) is 8.04. The lowest BCUT2D eigenvalue weighted by Gasteiger charge is -2.33. The highest BCUT2D eigenvalue weighted by atomic mass is 16.5. The molecule has 2 aromatic rings. The largest absolute Gasteiger partial charge is 0.481 e. The number of carboxylic acids is 1. The summed E-state index contributed by atoms with van der Waals surface area (Å²) < 4.78 is 5.66. The number of rotatable bonds is 8. The van der Waals surface area contributed by atoms with Crippen molar-refractivity contribution in [3.63, 3.8) is 0 Å². The maximum absolute atomic E-state index is 13.0. The van der Waals surface area contributed by atoms with Gasteiger partial charge in [-0.25, -0.2) is 4.79 Å². The number of hydrogen-bond donors (Lipinski definition) is 3. The number of hydrogen-bond acceptors (Lipinski definition) is 4. The average molecular weight is 477 g/mol. The van der Waals surface area contributed by atoms with E-state index in [1.54, 1.807) is 0 Å². The van der Waals surface area contributed by atoms with Gasteiger partial charge in [-0.2, -0.15) is 0 Å². The molecule has 5 rings (SSSR count). The molecule has 1 unspecified atom stereocenters. The monoisotopic (exact) mass is 476 g/mol. The quantitative estimate of drug-likeness (QED) is 0.527. The molecule has 35 heavy (non-hydrogen) atoms. The summed E-state index contributed by atoms with van der Waals surface area (Å²) in [4.78, 5) is 37.2. The van der Waals surface area contributed by atoms with E-state index in [0.29, 0.717) is 13.0 Å². The van der Waals surface area contributed by atoms with E-state index in [4.69, 9.17) is 4.74 Å². The fourth-order valence-electron chi connectivity index (χ4n) is 5.89. The first-order valence-corrected chi connectivity index (χ1v) is 12.6. The van der Waals surface area contributed by atoms with Crippen LogP contribution in [0.2, 0.25) is 0 Å². The highest BCUT2D eigenvalue weighted by Gasteiger charge is 2.37. The number of fused-ring (bicyclic) bond motifs is 3. The van der Waals surface area contributed by atoms with Gasteiger partial charge in [0.25, 0.3) is 0 Å². The molecule has 3 aliphatic carbocycles. The van der Waals surface area contributed by atoms with Crippen LogP contribution in [0, 0.1) is 17.8 Å². The number of aliphatic carboxylic acids is 1. The molecule has 2 fully saturated rings. The van der Waals surface area contributed by atoms with Crippen molar-refractivity contribution < 1.29 is 24.2 Å². The molecule has 7 nitrogen and oxygen atoms in total. The van der Waals surface area contributed by atoms with Crippen LogP contribution < -0.4 is 10.6 Å². The second kappa shape index (κ2) is 10.1. The van der Waals surface area contributed by atoms with E-state index in [1.165, 1.54) is 0 Å². The van der Waals surface area contributed by atoms with Gasteiger partial charge in [-0.3, -0.25) is 9.59 Å². The van der Waals surface area contributed by atoms with E-state index in [-0.39, 0.29) is 30.3 Å². The molecule has 0 spiro atoms. The molecule has 0 aromatic heterocycles. The van der Waals surface area contributed by atoms with Crippen molar-refractivity contribution in [2.45, 2.75) is 50.5 Å². The predicted molar refractivity (Wildman–Crippen MR) is 131 cm³/mol. The first-order chi connectivity index (χ1) is 17.0. The fourth-order valence-corrected chi connectivity index (χ4v) is 5.89. The number of carbonyl (C=O) groups is 3. The molecule has 3 aliphatic rings. The first kappa shape index (κ1) is 23.4. The predicted octanol–water partition coefficient (Wildman–Crippen LogP) is 4.31. The van der Waals surface area contributed by atoms with E-state index in [2.05, 4.69) is 34.9 Å². The molecular formula is C28H32N2O5. The van der Waals surface area contributed by atoms with Crippen molar-refractivity contribution in [1.82, 2.24) is 10.6 Å². The van der Waals surface area contributed by atoms with Gasteiger partial charge in [0.1, 0.15) is 12.6 Å². The molecule has 184 valence electrons. The van der Waals surface area contributed by atoms with Crippen LogP contribution in [-0.2, 0) is 14.3 Å². The third-order valence-electron chi connectivity index (χ3n) is 8.04. The zero-order chi connectivity index (χ0) is 24.4. The van der Waals surface area contributed by atoms with Crippen LogP contribution in [0.5, 0.6) is 0 Å². The molecule has 2 saturated carbocycles. The van der Waals surface area contributed by atoms with Gasteiger partial charge in [0.2, 0.25) is 5.91 Å². The summed E-state index contributed by atoms with van der Waals surface area (Å²) in [7, 11) is 0. The van der Waals surface area contributed by atoms with Crippen LogP contribution in [0.25, 0.3) is 11.1 Å². The summed E-state index contributed by atoms with van der Waals surface area (Å²) in [6.07, 6.45) is 4.51. The number of nitrogens with one attached hydrogen (secondary N) is 2. The second-order valence-electron chi connectivity index (χ2n) is 10.0. The Bertz CT molecular complexity index is 1070. The van der Waals surface area contributed by atoms with Crippen LogP contribution in [0.1, 0.15) is 55.6 Å². The maximum atomic E-state index is 13.0. The molecule has 0 radical (unpaired) electrons. The Labute approximate surface area is 205 Å². The molecular weight excluding hydrogens is 444 g/mol. The van der Waals surface area contributed by atoms with Gasteiger partial charge in [0.05, 0.1) is 5.92 Å². The van der Waals surface area contributed by atoms with Crippen molar-refractivity contribution in [3.05, 3.63) is 59.7 Å². The lowest BCUT2D eigenvalue weighted by molar-refractivity contribution is -0.143. The Kier molecular flexibility index (Phi) is 6.75. The summed E-state index contributed by atoms with van der Waals surface area (Å²) >= 11 is 0. The van der Waals surface area contributed by atoms with Gasteiger partial charge >= 0.3 is 12.1 Å². The van der Waals surface area contributed by atoms with E-state index in [1.807, 2.05) is 24.3 Å². The van der Waals surface area contributed by atoms with Gasteiger partial charge in [0, 0.05) is 12.5 Å². The standard InChI is InChI=1S/C28H32N2O5/c31-26(29-15-18-9-6-14-19(18)27(32)33)25(17-7-5-8-17)30-28(34)35-16-24-22-12-3-1-10-20(22)21-11-2-4-13-23(21)24/h1-4,10-13,17-19,24-25H,5-9,14-16H2,(H,29,31)(H,30,34)(H,32,33)/t18-,19-,25?/m0/s1. The maximum Gasteiger partial charge on any atom is 0.407 e. The summed E-state index contributed by atoms with van der Waals surface area (Å²) in [6, 6.07) is 15.7. The summed E-state index contributed by atoms with van der Waals surface area (Å²) in [5.74, 6) is -1.48. The highest BCUT2D eigenvalue weighted by molar-refractivity contribution is 5.86. The van der Waals surface area contributed by atoms with Crippen LogP contribution >= 0.6 is 0 Å². The average Bonchev–Trinajstić information content (AvgIpc) is 3.42.